The molecule has 0 spiro atoms. The van der Waals surface area contributed by atoms with Gasteiger partial charge in [-0.25, -0.2) is 14.1 Å². The second-order valence-corrected chi connectivity index (χ2v) is 6.56. The van der Waals surface area contributed by atoms with Gasteiger partial charge in [0.15, 0.2) is 6.80 Å². The van der Waals surface area contributed by atoms with Gasteiger partial charge in [-0.15, -0.1) is 0 Å². The molecule has 4 rings (SSSR count). The van der Waals surface area contributed by atoms with E-state index in [9.17, 15) is 9.18 Å². The second-order valence-electron chi connectivity index (χ2n) is 6.56. The Labute approximate surface area is 165 Å². The van der Waals surface area contributed by atoms with Crippen LogP contribution in [0.1, 0.15) is 27.2 Å². The topological polar surface area (TPSA) is 112 Å². The Hall–Kier alpha value is -4.06. The first-order chi connectivity index (χ1) is 14.0. The summed E-state index contributed by atoms with van der Waals surface area (Å²) in [5.41, 5.74) is 4.70. The standard InChI is InChI=1S/C20H16FN7O/c1-11-12(2)18(23-7-13(11)6-22)20(29)25-15-3-4-17-16(5-15)19(27-26-17)14-8-24-28(9-14)10-21/h3-5,7-9H,10H2,1-2H3,(H,25,29)(H,26,27). The Morgan fingerprint density at radius 2 is 2.14 bits per heavy atom. The van der Waals surface area contributed by atoms with Gasteiger partial charge in [-0.3, -0.25) is 9.89 Å². The van der Waals surface area contributed by atoms with Gasteiger partial charge in [0, 0.05) is 29.0 Å². The highest BCUT2D eigenvalue weighted by atomic mass is 19.1. The second kappa shape index (κ2) is 7.16. The monoisotopic (exact) mass is 389 g/mol. The minimum absolute atomic E-state index is 0.262. The molecule has 0 aliphatic rings. The Morgan fingerprint density at radius 3 is 2.86 bits per heavy atom. The van der Waals surface area contributed by atoms with Gasteiger partial charge in [-0.2, -0.15) is 15.5 Å². The lowest BCUT2D eigenvalue weighted by molar-refractivity contribution is 0.102. The molecule has 9 heteroatoms. The van der Waals surface area contributed by atoms with Crippen molar-refractivity contribution in [2.75, 3.05) is 5.32 Å². The zero-order valence-corrected chi connectivity index (χ0v) is 15.7. The molecule has 3 aromatic heterocycles. The van der Waals surface area contributed by atoms with E-state index in [1.54, 1.807) is 38.2 Å². The number of aromatic amines is 1. The van der Waals surface area contributed by atoms with Crippen LogP contribution in [0.3, 0.4) is 0 Å². The number of nitrogens with zero attached hydrogens (tertiary/aromatic N) is 5. The molecule has 0 radical (unpaired) electrons. The van der Waals surface area contributed by atoms with Gasteiger partial charge in [-0.1, -0.05) is 0 Å². The summed E-state index contributed by atoms with van der Waals surface area (Å²) >= 11 is 0. The van der Waals surface area contributed by atoms with Crippen molar-refractivity contribution in [3.8, 4) is 17.3 Å². The van der Waals surface area contributed by atoms with Crippen LogP contribution in [0.5, 0.6) is 0 Å². The molecule has 4 aromatic rings. The lowest BCUT2D eigenvalue weighted by Gasteiger charge is -2.10. The molecular formula is C20H16FN7O. The van der Waals surface area contributed by atoms with Crippen molar-refractivity contribution < 1.29 is 9.18 Å². The van der Waals surface area contributed by atoms with Crippen LogP contribution in [0.2, 0.25) is 0 Å². The van der Waals surface area contributed by atoms with Gasteiger partial charge in [0.2, 0.25) is 0 Å². The number of alkyl halides is 1. The summed E-state index contributed by atoms with van der Waals surface area (Å²) in [5.74, 6) is -0.371. The normalized spacial score (nSPS) is 10.8. The van der Waals surface area contributed by atoms with Crippen LogP contribution in [-0.2, 0) is 6.80 Å². The molecule has 0 unspecified atom stereocenters. The van der Waals surface area contributed by atoms with Crippen molar-refractivity contribution in [1.29, 1.82) is 5.26 Å². The first-order valence-electron chi connectivity index (χ1n) is 8.76. The molecule has 0 bridgehead atoms. The van der Waals surface area contributed by atoms with Crippen molar-refractivity contribution >= 4 is 22.5 Å². The van der Waals surface area contributed by atoms with Crippen molar-refractivity contribution in [1.82, 2.24) is 25.0 Å². The molecule has 1 amide bonds. The van der Waals surface area contributed by atoms with Crippen molar-refractivity contribution in [3.05, 3.63) is 59.2 Å². The largest absolute Gasteiger partial charge is 0.321 e. The maximum Gasteiger partial charge on any atom is 0.274 e. The fourth-order valence-electron chi connectivity index (χ4n) is 3.10. The number of pyridine rings is 1. The van der Waals surface area contributed by atoms with Gasteiger partial charge in [-0.05, 0) is 43.2 Å². The lowest BCUT2D eigenvalue weighted by atomic mass is 10.0. The van der Waals surface area contributed by atoms with Gasteiger partial charge in [0.25, 0.3) is 5.91 Å². The van der Waals surface area contributed by atoms with Crippen molar-refractivity contribution in [2.24, 2.45) is 0 Å². The quantitative estimate of drug-likeness (QED) is 0.555. The van der Waals surface area contributed by atoms with E-state index < -0.39 is 6.80 Å². The van der Waals surface area contributed by atoms with Crippen LogP contribution in [0.15, 0.2) is 36.8 Å². The molecule has 1 aromatic carbocycles. The summed E-state index contributed by atoms with van der Waals surface area (Å²) < 4.78 is 13.9. The number of hydrogen-bond donors (Lipinski definition) is 2. The fraction of sp³-hybridized carbons (Fsp3) is 0.150. The fourth-order valence-corrected chi connectivity index (χ4v) is 3.10. The molecule has 0 atom stereocenters. The number of aromatic nitrogens is 5. The number of benzene rings is 1. The maximum atomic E-state index is 12.8. The third-order valence-corrected chi connectivity index (χ3v) is 4.83. The van der Waals surface area contributed by atoms with E-state index in [0.717, 1.165) is 16.5 Å². The molecule has 2 N–H and O–H groups in total. The summed E-state index contributed by atoms with van der Waals surface area (Å²) in [6.45, 7) is 2.83. The molecule has 0 fully saturated rings. The van der Waals surface area contributed by atoms with E-state index in [-0.39, 0.29) is 11.6 Å². The van der Waals surface area contributed by atoms with Gasteiger partial charge in [0.1, 0.15) is 17.5 Å². The molecular weight excluding hydrogens is 373 g/mol. The van der Waals surface area contributed by atoms with E-state index in [1.165, 1.54) is 17.1 Å². The van der Waals surface area contributed by atoms with E-state index in [4.69, 9.17) is 5.26 Å². The minimum atomic E-state index is -0.722. The van der Waals surface area contributed by atoms with Crippen LogP contribution >= 0.6 is 0 Å². The highest BCUT2D eigenvalue weighted by Crippen LogP contribution is 2.28. The molecule has 8 nitrogen and oxygen atoms in total. The summed E-state index contributed by atoms with van der Waals surface area (Å²) in [6.07, 6.45) is 4.50. The number of nitriles is 1. The Bertz CT molecular complexity index is 1280. The van der Waals surface area contributed by atoms with Gasteiger partial charge in [0.05, 0.1) is 17.3 Å². The lowest BCUT2D eigenvalue weighted by Crippen LogP contribution is -2.16. The predicted octanol–water partition coefficient (Wildman–Crippen LogP) is 3.49. The predicted molar refractivity (Wildman–Crippen MR) is 105 cm³/mol. The summed E-state index contributed by atoms with van der Waals surface area (Å²) in [7, 11) is 0. The Kier molecular flexibility index (Phi) is 4.52. The Morgan fingerprint density at radius 1 is 1.31 bits per heavy atom. The molecule has 3 heterocycles. The number of hydrogen-bond acceptors (Lipinski definition) is 5. The number of rotatable bonds is 4. The smallest absolute Gasteiger partial charge is 0.274 e. The molecule has 0 saturated heterocycles. The third kappa shape index (κ3) is 3.21. The van der Waals surface area contributed by atoms with E-state index >= 15 is 0 Å². The zero-order valence-electron chi connectivity index (χ0n) is 15.7. The number of fused-ring (bicyclic) bond motifs is 1. The number of nitrogens with one attached hydrogen (secondary N) is 2. The number of carbonyl (C=O) groups is 1. The SMILES string of the molecule is Cc1c(C#N)cnc(C(=O)Nc2ccc3[nH]nc(-c4cnn(CF)c4)c3c2)c1C. The van der Waals surface area contributed by atoms with Crippen LogP contribution < -0.4 is 5.32 Å². The summed E-state index contributed by atoms with van der Waals surface area (Å²) in [5, 5.41) is 23.8. The van der Waals surface area contributed by atoms with Crippen LogP contribution in [0.4, 0.5) is 10.1 Å². The first kappa shape index (κ1) is 18.3. The number of H-pyrrole nitrogens is 1. The Balaban J connectivity index is 1.67. The first-order valence-corrected chi connectivity index (χ1v) is 8.76. The van der Waals surface area contributed by atoms with E-state index in [1.807, 2.05) is 0 Å². The van der Waals surface area contributed by atoms with Crippen molar-refractivity contribution in [2.45, 2.75) is 20.6 Å². The minimum Gasteiger partial charge on any atom is -0.321 e. The third-order valence-electron chi connectivity index (χ3n) is 4.83. The molecule has 0 aliphatic carbocycles. The summed E-state index contributed by atoms with van der Waals surface area (Å²) in [4.78, 5) is 16.9. The van der Waals surface area contributed by atoms with Crippen LogP contribution in [0.25, 0.3) is 22.2 Å². The van der Waals surface area contributed by atoms with Crippen LogP contribution in [0, 0.1) is 25.2 Å². The molecule has 0 saturated carbocycles. The number of amides is 1. The molecule has 29 heavy (non-hydrogen) atoms. The van der Waals surface area contributed by atoms with Crippen LogP contribution in [-0.4, -0.2) is 30.9 Å². The van der Waals surface area contributed by atoms with E-state index in [2.05, 4.69) is 31.7 Å². The van der Waals surface area contributed by atoms with E-state index in [0.29, 0.717) is 28.1 Å². The average molecular weight is 389 g/mol. The highest BCUT2D eigenvalue weighted by molar-refractivity contribution is 6.05. The van der Waals surface area contributed by atoms with Crippen molar-refractivity contribution in [3.63, 3.8) is 0 Å². The number of halogens is 1. The maximum absolute atomic E-state index is 12.8. The summed E-state index contributed by atoms with van der Waals surface area (Å²) in [6, 6.07) is 7.39. The van der Waals surface area contributed by atoms with Gasteiger partial charge >= 0.3 is 0 Å². The highest BCUT2D eigenvalue weighted by Gasteiger charge is 2.16. The zero-order chi connectivity index (χ0) is 20.5. The molecule has 144 valence electrons. The number of carbonyl (C=O) groups excluding carboxylic acids is 1. The van der Waals surface area contributed by atoms with Gasteiger partial charge < -0.3 is 5.32 Å². The average Bonchev–Trinajstić information content (AvgIpc) is 3.36. The number of anilines is 1. The molecule has 0 aliphatic heterocycles.